The Morgan fingerprint density at radius 2 is 2.29 bits per heavy atom. The lowest BCUT2D eigenvalue weighted by Gasteiger charge is -2.37. The number of halogens is 1. The normalized spacial score (nSPS) is 21.3. The number of nitrogens with zero attached hydrogens (tertiary/aromatic N) is 1. The summed E-state index contributed by atoms with van der Waals surface area (Å²) in [5.41, 5.74) is 1.06. The van der Waals surface area contributed by atoms with Crippen LogP contribution in [0.3, 0.4) is 0 Å². The van der Waals surface area contributed by atoms with Crippen molar-refractivity contribution in [2.45, 2.75) is 32.4 Å². The lowest BCUT2D eigenvalue weighted by Crippen LogP contribution is -2.45. The molecule has 132 valence electrons. The van der Waals surface area contributed by atoms with Gasteiger partial charge in [0.2, 0.25) is 0 Å². The fourth-order valence-corrected chi connectivity index (χ4v) is 3.75. The van der Waals surface area contributed by atoms with Crippen molar-refractivity contribution in [2.24, 2.45) is 5.92 Å². The molecule has 2 atom stereocenters. The van der Waals surface area contributed by atoms with Crippen LogP contribution in [0.15, 0.2) is 29.3 Å². The molecule has 24 heavy (non-hydrogen) atoms. The number of rotatable bonds is 7. The molecule has 1 heterocycles. The first kappa shape index (κ1) is 18.8. The van der Waals surface area contributed by atoms with E-state index in [9.17, 15) is 9.90 Å². The van der Waals surface area contributed by atoms with Gasteiger partial charge in [-0.3, -0.25) is 9.69 Å². The molecule has 1 aliphatic heterocycles. The number of benzene rings is 1. The second kappa shape index (κ2) is 8.53. The molecule has 0 aromatic heterocycles. The van der Waals surface area contributed by atoms with Crippen molar-refractivity contribution in [1.82, 2.24) is 4.90 Å². The zero-order valence-corrected chi connectivity index (χ0v) is 15.7. The highest BCUT2D eigenvalue weighted by Crippen LogP contribution is 2.37. The van der Waals surface area contributed by atoms with Crippen LogP contribution in [0.25, 0.3) is 0 Å². The van der Waals surface area contributed by atoms with Crippen LogP contribution in [0.5, 0.6) is 11.5 Å². The smallest absolute Gasteiger partial charge is 0.308 e. The van der Waals surface area contributed by atoms with E-state index in [-0.39, 0.29) is 12.0 Å². The molecule has 0 amide bonds. The third kappa shape index (κ3) is 4.30. The number of carboxylic acid groups (broad SMARTS) is 1. The van der Waals surface area contributed by atoms with E-state index >= 15 is 0 Å². The largest absolute Gasteiger partial charge is 0.493 e. The maximum atomic E-state index is 11.4. The molecule has 1 fully saturated rings. The summed E-state index contributed by atoms with van der Waals surface area (Å²) in [6.45, 7) is 7.63. The molecule has 0 spiro atoms. The number of aliphatic carboxylic acids is 1. The predicted molar refractivity (Wildman–Crippen MR) is 96.6 cm³/mol. The van der Waals surface area contributed by atoms with E-state index in [1.54, 1.807) is 13.2 Å². The highest BCUT2D eigenvalue weighted by molar-refractivity contribution is 9.10. The topological polar surface area (TPSA) is 59.0 Å². The molecule has 0 radical (unpaired) electrons. The van der Waals surface area contributed by atoms with E-state index in [0.29, 0.717) is 24.7 Å². The van der Waals surface area contributed by atoms with Gasteiger partial charge >= 0.3 is 5.97 Å². The van der Waals surface area contributed by atoms with Crippen LogP contribution in [0.1, 0.15) is 25.3 Å². The number of likely N-dealkylation sites (tertiary alicyclic amines) is 1. The SMILES string of the molecule is C=CCOc1c(Br)cc(CN2CCC[C@H](C(=O)O)[C@@H]2C)cc1OC. The standard InChI is InChI=1S/C18H24BrNO4/c1-4-8-24-17-15(19)9-13(10-16(17)23-3)11-20-7-5-6-14(12(20)2)18(21)22/h4,9-10,12,14H,1,5-8,11H2,2-3H3,(H,21,22)/t12-,14-/m0/s1. The molecule has 0 bridgehead atoms. The van der Waals surface area contributed by atoms with Crippen LogP contribution in [-0.2, 0) is 11.3 Å². The van der Waals surface area contributed by atoms with E-state index in [2.05, 4.69) is 27.4 Å². The Balaban J connectivity index is 2.18. The zero-order valence-electron chi connectivity index (χ0n) is 14.1. The first-order chi connectivity index (χ1) is 11.5. The Morgan fingerprint density at radius 1 is 1.54 bits per heavy atom. The summed E-state index contributed by atoms with van der Waals surface area (Å²) in [4.78, 5) is 13.6. The summed E-state index contributed by atoms with van der Waals surface area (Å²) in [5, 5.41) is 9.36. The molecular weight excluding hydrogens is 374 g/mol. The fraction of sp³-hybridized carbons (Fsp3) is 0.500. The van der Waals surface area contributed by atoms with Crippen molar-refractivity contribution in [3.05, 3.63) is 34.8 Å². The van der Waals surface area contributed by atoms with Gasteiger partial charge < -0.3 is 14.6 Å². The van der Waals surface area contributed by atoms with E-state index < -0.39 is 5.97 Å². The minimum Gasteiger partial charge on any atom is -0.493 e. The third-order valence-electron chi connectivity index (χ3n) is 4.46. The molecule has 2 rings (SSSR count). The maximum absolute atomic E-state index is 11.4. The quantitative estimate of drug-likeness (QED) is 0.710. The number of piperidine rings is 1. The van der Waals surface area contributed by atoms with Crippen molar-refractivity contribution < 1.29 is 19.4 Å². The maximum Gasteiger partial charge on any atom is 0.308 e. The van der Waals surface area contributed by atoms with Gasteiger partial charge in [-0.15, -0.1) is 0 Å². The van der Waals surface area contributed by atoms with Crippen molar-refractivity contribution in [3.8, 4) is 11.5 Å². The molecule has 6 heteroatoms. The van der Waals surface area contributed by atoms with E-state index in [0.717, 1.165) is 29.4 Å². The van der Waals surface area contributed by atoms with Gasteiger partial charge in [0.25, 0.3) is 0 Å². The highest BCUT2D eigenvalue weighted by atomic mass is 79.9. The molecule has 1 saturated heterocycles. The summed E-state index contributed by atoms with van der Waals surface area (Å²) in [6.07, 6.45) is 3.33. The van der Waals surface area contributed by atoms with Gasteiger partial charge in [0.1, 0.15) is 6.61 Å². The Bertz CT molecular complexity index is 605. The van der Waals surface area contributed by atoms with Gasteiger partial charge in [-0.25, -0.2) is 0 Å². The Kier molecular flexibility index (Phi) is 6.69. The van der Waals surface area contributed by atoms with Crippen molar-refractivity contribution in [2.75, 3.05) is 20.3 Å². The first-order valence-corrected chi connectivity index (χ1v) is 8.84. The molecule has 0 aliphatic carbocycles. The summed E-state index contributed by atoms with van der Waals surface area (Å²) in [5.74, 6) is 0.287. The first-order valence-electron chi connectivity index (χ1n) is 8.04. The van der Waals surface area contributed by atoms with Gasteiger partial charge in [-0.05, 0) is 59.9 Å². The van der Waals surface area contributed by atoms with Gasteiger partial charge in [0.15, 0.2) is 11.5 Å². The van der Waals surface area contributed by atoms with Crippen LogP contribution < -0.4 is 9.47 Å². The number of hydrogen-bond acceptors (Lipinski definition) is 4. The molecule has 5 nitrogen and oxygen atoms in total. The number of carboxylic acids is 1. The molecule has 0 unspecified atom stereocenters. The lowest BCUT2D eigenvalue weighted by atomic mass is 9.90. The number of ether oxygens (including phenoxy) is 2. The van der Waals surface area contributed by atoms with Crippen LogP contribution in [0, 0.1) is 5.92 Å². The van der Waals surface area contributed by atoms with Crippen LogP contribution in [0.2, 0.25) is 0 Å². The molecule has 1 aromatic carbocycles. The van der Waals surface area contributed by atoms with Crippen molar-refractivity contribution >= 4 is 21.9 Å². The zero-order chi connectivity index (χ0) is 17.7. The van der Waals surface area contributed by atoms with E-state index in [1.807, 2.05) is 19.1 Å². The number of methoxy groups -OCH3 is 1. The summed E-state index contributed by atoms with van der Waals surface area (Å²) in [7, 11) is 1.61. The minimum absolute atomic E-state index is 0.0118. The highest BCUT2D eigenvalue weighted by Gasteiger charge is 2.32. The van der Waals surface area contributed by atoms with Gasteiger partial charge in [-0.1, -0.05) is 12.7 Å². The molecule has 1 aromatic rings. The number of hydrogen-bond donors (Lipinski definition) is 1. The molecule has 1 aliphatic rings. The Hall–Kier alpha value is -1.53. The number of carbonyl (C=O) groups is 1. The summed E-state index contributed by atoms with van der Waals surface area (Å²) >= 11 is 3.53. The van der Waals surface area contributed by atoms with Gasteiger partial charge in [0.05, 0.1) is 17.5 Å². The van der Waals surface area contributed by atoms with Crippen molar-refractivity contribution in [3.63, 3.8) is 0 Å². The van der Waals surface area contributed by atoms with E-state index in [4.69, 9.17) is 9.47 Å². The predicted octanol–water partition coefficient (Wildman–Crippen LogP) is 3.71. The lowest BCUT2D eigenvalue weighted by molar-refractivity contribution is -0.145. The Labute approximate surface area is 151 Å². The fourth-order valence-electron chi connectivity index (χ4n) is 3.15. The van der Waals surface area contributed by atoms with Crippen LogP contribution >= 0.6 is 15.9 Å². The van der Waals surface area contributed by atoms with Crippen LogP contribution in [-0.4, -0.2) is 42.3 Å². The average Bonchev–Trinajstić information content (AvgIpc) is 2.55. The molecule has 0 saturated carbocycles. The average molecular weight is 398 g/mol. The van der Waals surface area contributed by atoms with Crippen LogP contribution in [0.4, 0.5) is 0 Å². The monoisotopic (exact) mass is 397 g/mol. The minimum atomic E-state index is -0.709. The van der Waals surface area contributed by atoms with Crippen molar-refractivity contribution in [1.29, 1.82) is 0 Å². The molecular formula is C18H24BrNO4. The third-order valence-corrected chi connectivity index (χ3v) is 5.05. The second-order valence-corrected chi connectivity index (χ2v) is 6.86. The molecule has 1 N–H and O–H groups in total. The van der Waals surface area contributed by atoms with E-state index in [1.165, 1.54) is 0 Å². The van der Waals surface area contributed by atoms with Gasteiger partial charge in [0, 0.05) is 12.6 Å². The second-order valence-electron chi connectivity index (χ2n) is 6.01. The Morgan fingerprint density at radius 3 is 2.92 bits per heavy atom. The summed E-state index contributed by atoms with van der Waals surface area (Å²) in [6, 6.07) is 3.95. The summed E-state index contributed by atoms with van der Waals surface area (Å²) < 4.78 is 11.9. The van der Waals surface area contributed by atoms with Gasteiger partial charge in [-0.2, -0.15) is 0 Å².